The maximum absolute atomic E-state index is 10.1. The van der Waals surface area contributed by atoms with Gasteiger partial charge in [0.25, 0.3) is 0 Å². The molecule has 0 radical (unpaired) electrons. The Balaban J connectivity index is 1.33. The molecule has 10 heteroatoms. The van der Waals surface area contributed by atoms with Crippen molar-refractivity contribution in [2.75, 3.05) is 19.0 Å². The summed E-state index contributed by atoms with van der Waals surface area (Å²) < 4.78 is 18.9. The molecule has 284 valence electrons. The minimum atomic E-state index is -1.04. The molecule has 0 fully saturated rings. The van der Waals surface area contributed by atoms with Crippen LogP contribution in [0, 0.1) is 39.9 Å². The average Bonchev–Trinajstić information content (AvgIpc) is 3.97. The molecule has 0 bridgehead atoms. The molecule has 0 saturated heterocycles. The zero-order valence-corrected chi connectivity index (χ0v) is 35.8. The van der Waals surface area contributed by atoms with E-state index in [0.29, 0.717) is 5.57 Å². The third kappa shape index (κ3) is 7.39. The van der Waals surface area contributed by atoms with Crippen molar-refractivity contribution >= 4 is 75.9 Å². The highest BCUT2D eigenvalue weighted by atomic mass is 32.1. The molecule has 0 saturated carbocycles. The predicted octanol–water partition coefficient (Wildman–Crippen LogP) is 13.8. The van der Waals surface area contributed by atoms with Crippen molar-refractivity contribution < 1.29 is 9.47 Å². The van der Waals surface area contributed by atoms with Crippen molar-refractivity contribution in [1.29, 1.82) is 15.8 Å². The van der Waals surface area contributed by atoms with Gasteiger partial charge in [0.05, 0.1) is 53.2 Å². The van der Waals surface area contributed by atoms with Gasteiger partial charge in [0, 0.05) is 39.8 Å². The zero-order chi connectivity index (χ0) is 38.9. The number of benzene rings is 1. The minimum Gasteiger partial charge on any atom is -0.479 e. The Labute approximate surface area is 341 Å². The highest BCUT2D eigenvalue weighted by molar-refractivity contribution is 7.35. The Bertz CT molecular complexity index is 2360. The Morgan fingerprint density at radius 2 is 1.45 bits per heavy atom. The Morgan fingerprint density at radius 1 is 0.800 bits per heavy atom. The topological polar surface area (TPSA) is 93.1 Å². The summed E-state index contributed by atoms with van der Waals surface area (Å²) in [4.78, 5) is 7.14. The lowest BCUT2D eigenvalue weighted by Gasteiger charge is -2.39. The van der Waals surface area contributed by atoms with E-state index in [1.54, 1.807) is 11.3 Å². The summed E-state index contributed by atoms with van der Waals surface area (Å²) in [5.41, 5.74) is 3.67. The van der Waals surface area contributed by atoms with Crippen LogP contribution in [0.4, 0.5) is 5.69 Å². The number of anilines is 1. The number of hydrogen-bond acceptors (Lipinski definition) is 10. The molecule has 4 aromatic heterocycles. The van der Waals surface area contributed by atoms with E-state index in [1.165, 1.54) is 88.8 Å². The van der Waals surface area contributed by atoms with Gasteiger partial charge in [-0.3, -0.25) is 0 Å². The molecule has 1 unspecified atom stereocenters. The van der Waals surface area contributed by atoms with Crippen LogP contribution in [0.15, 0.2) is 53.6 Å². The van der Waals surface area contributed by atoms with Gasteiger partial charge in [-0.15, -0.1) is 45.3 Å². The van der Waals surface area contributed by atoms with Crippen LogP contribution in [-0.2, 0) is 10.3 Å². The smallest absolute Gasteiger partial charge is 0.164 e. The number of nitrogens with zero attached hydrogens (tertiary/aromatic N) is 4. The number of thiophene rings is 4. The molecule has 0 aliphatic carbocycles. The zero-order valence-electron chi connectivity index (χ0n) is 32.6. The van der Waals surface area contributed by atoms with Crippen LogP contribution < -0.4 is 9.64 Å². The molecule has 1 atom stereocenters. The second-order valence-corrected chi connectivity index (χ2v) is 19.7. The van der Waals surface area contributed by atoms with Crippen LogP contribution in [-0.4, -0.2) is 25.8 Å². The molecule has 0 amide bonds. The standard InChI is InChI=1S/C45H48N4O2S4/c1-7-9-11-13-21-45(22-14-12-10-8-2)37-40-35(23-31(52-40)19-20-33-32(27-48)38(29(25-46)26-47)50-44(33,3)4)54-42(37)43-39(51-45)41-36(55-43)24-34(53-41)28-15-17-30(18-16-28)49(5)6/h15-20,23-24,29,38H,7-14,21-22H2,1-6H3/b20-19+. The first-order valence-corrected chi connectivity index (χ1v) is 22.7. The fourth-order valence-corrected chi connectivity index (χ4v) is 13.4. The van der Waals surface area contributed by atoms with Gasteiger partial charge in [-0.05, 0) is 81.0 Å². The quantitative estimate of drug-likeness (QED) is 0.0978. The highest BCUT2D eigenvalue weighted by Gasteiger charge is 2.46. The van der Waals surface area contributed by atoms with Crippen molar-refractivity contribution in [3.63, 3.8) is 0 Å². The molecule has 0 N–H and O–H groups in total. The van der Waals surface area contributed by atoms with E-state index in [2.05, 4.69) is 81.4 Å². The molecule has 6 nitrogen and oxygen atoms in total. The number of ether oxygens (including phenoxy) is 2. The van der Waals surface area contributed by atoms with E-state index in [-0.39, 0.29) is 0 Å². The Hall–Kier alpha value is -3.95. The number of rotatable bonds is 15. The van der Waals surface area contributed by atoms with Crippen LogP contribution in [0.2, 0.25) is 0 Å². The van der Waals surface area contributed by atoms with Gasteiger partial charge in [-0.25, -0.2) is 0 Å². The predicted molar refractivity (Wildman–Crippen MR) is 233 cm³/mol. The summed E-state index contributed by atoms with van der Waals surface area (Å²) in [7, 11) is 4.15. The van der Waals surface area contributed by atoms with E-state index < -0.39 is 23.2 Å². The molecule has 55 heavy (non-hydrogen) atoms. The molecular weight excluding hydrogens is 757 g/mol. The normalized spacial score (nSPS) is 17.1. The monoisotopic (exact) mass is 804 g/mol. The molecule has 0 spiro atoms. The molecule has 2 aliphatic heterocycles. The van der Waals surface area contributed by atoms with Crippen LogP contribution in [0.5, 0.6) is 5.75 Å². The van der Waals surface area contributed by atoms with Crippen LogP contribution >= 0.6 is 45.3 Å². The van der Waals surface area contributed by atoms with E-state index >= 15 is 0 Å². The number of unbranched alkanes of at least 4 members (excludes halogenated alkanes) is 6. The second-order valence-electron chi connectivity index (χ2n) is 15.4. The maximum atomic E-state index is 10.1. The largest absolute Gasteiger partial charge is 0.479 e. The molecular formula is C45H48N4O2S4. The lowest BCUT2D eigenvalue weighted by molar-refractivity contribution is -0.0123. The van der Waals surface area contributed by atoms with E-state index in [0.717, 1.165) is 41.9 Å². The fourth-order valence-electron chi connectivity index (χ4n) is 8.03. The molecule has 5 aromatic rings. The van der Waals surface area contributed by atoms with Crippen molar-refractivity contribution in [3.05, 3.63) is 64.1 Å². The third-order valence-electron chi connectivity index (χ3n) is 11.0. The first kappa shape index (κ1) is 39.3. The van der Waals surface area contributed by atoms with Gasteiger partial charge in [0.15, 0.2) is 11.7 Å². The van der Waals surface area contributed by atoms with Gasteiger partial charge in [0.1, 0.15) is 11.7 Å². The summed E-state index contributed by atoms with van der Waals surface area (Å²) in [6.07, 6.45) is 14.7. The Kier molecular flexibility index (Phi) is 11.6. The second kappa shape index (κ2) is 16.3. The number of hydrogen-bond donors (Lipinski definition) is 0. The van der Waals surface area contributed by atoms with Crippen LogP contribution in [0.25, 0.3) is 45.1 Å². The van der Waals surface area contributed by atoms with Crippen LogP contribution in [0.1, 0.15) is 102 Å². The number of fused-ring (bicyclic) bond motifs is 7. The first-order chi connectivity index (χ1) is 26.6. The van der Waals surface area contributed by atoms with Crippen LogP contribution in [0.3, 0.4) is 0 Å². The lowest BCUT2D eigenvalue weighted by atomic mass is 9.81. The highest BCUT2D eigenvalue weighted by Crippen LogP contribution is 2.62. The summed E-state index contributed by atoms with van der Waals surface area (Å²) in [6.45, 7) is 8.34. The van der Waals surface area contributed by atoms with E-state index in [9.17, 15) is 15.8 Å². The third-order valence-corrected chi connectivity index (χ3v) is 15.9. The van der Waals surface area contributed by atoms with Gasteiger partial charge in [-0.2, -0.15) is 15.8 Å². The fraction of sp³-hybridized carbons (Fsp3) is 0.444. The summed E-state index contributed by atoms with van der Waals surface area (Å²) in [5.74, 6) is 0.0375. The Morgan fingerprint density at radius 3 is 2.07 bits per heavy atom. The molecule has 2 aliphatic rings. The number of nitriles is 3. The molecule has 1 aromatic carbocycles. The van der Waals surface area contributed by atoms with Crippen molar-refractivity contribution in [2.45, 2.75) is 109 Å². The van der Waals surface area contributed by atoms with E-state index in [4.69, 9.17) is 9.47 Å². The molecule has 7 rings (SSSR count). The average molecular weight is 805 g/mol. The van der Waals surface area contributed by atoms with Gasteiger partial charge < -0.3 is 14.4 Å². The van der Waals surface area contributed by atoms with E-state index in [1.807, 2.05) is 66.1 Å². The first-order valence-electron chi connectivity index (χ1n) is 19.5. The maximum Gasteiger partial charge on any atom is 0.164 e. The minimum absolute atomic E-state index is 0.357. The van der Waals surface area contributed by atoms with Gasteiger partial charge in [0.2, 0.25) is 0 Å². The van der Waals surface area contributed by atoms with Crippen molar-refractivity contribution in [1.82, 2.24) is 0 Å². The summed E-state index contributed by atoms with van der Waals surface area (Å²) in [5, 5.41) is 29.3. The van der Waals surface area contributed by atoms with Gasteiger partial charge in [-0.1, -0.05) is 70.6 Å². The SMILES string of the molecule is CCCCCCC1(CCCCCC)Oc2c(sc3cc(-c4ccc(N(C)C)cc4)sc23)-c2sc3cc(/C=C/C4=C(C#N)C(C(C#N)C#N)OC4(C)C)sc3c21. The summed E-state index contributed by atoms with van der Waals surface area (Å²) >= 11 is 7.42. The van der Waals surface area contributed by atoms with Gasteiger partial charge >= 0.3 is 0 Å². The van der Waals surface area contributed by atoms with Crippen molar-refractivity contribution in [3.8, 4) is 44.2 Å². The lowest BCUT2D eigenvalue weighted by Crippen LogP contribution is -2.35. The summed E-state index contributed by atoms with van der Waals surface area (Å²) in [6, 6.07) is 19.8. The molecule has 6 heterocycles. The van der Waals surface area contributed by atoms with Crippen molar-refractivity contribution in [2.24, 2.45) is 5.92 Å².